The second-order valence-corrected chi connectivity index (χ2v) is 29.1. The lowest BCUT2D eigenvalue weighted by Crippen LogP contribution is -2.07. The molecule has 4 aromatic heterocycles. The van der Waals surface area contributed by atoms with Crippen LogP contribution in [0.3, 0.4) is 0 Å². The number of nitrogens with zero attached hydrogens (tertiary/aromatic N) is 3. The number of phenolic OH excluding ortho intramolecular Hbond substituents is 9. The van der Waals surface area contributed by atoms with Crippen LogP contribution in [0.4, 0.5) is 0 Å². The summed E-state index contributed by atoms with van der Waals surface area (Å²) in [5.74, 6) is 6.17. The lowest BCUT2D eigenvalue weighted by Gasteiger charge is -2.14. The van der Waals surface area contributed by atoms with E-state index in [9.17, 15) is 45.3 Å². The number of phenols is 9. The van der Waals surface area contributed by atoms with Gasteiger partial charge < -0.3 is 92.4 Å². The van der Waals surface area contributed by atoms with Crippen LogP contribution in [-0.2, 0) is 13.0 Å². The predicted molar refractivity (Wildman–Crippen MR) is 475 cm³/mol. The topological polar surface area (TPSA) is 363 Å². The summed E-state index contributed by atoms with van der Waals surface area (Å²) in [6.07, 6.45) is 0.183. The van der Waals surface area contributed by atoms with Crippen molar-refractivity contribution in [1.29, 1.82) is 0 Å². The van der Waals surface area contributed by atoms with Gasteiger partial charge in [-0.1, -0.05) is 128 Å². The Kier molecular flexibility index (Phi) is 29.8. The minimum Gasteiger partial charge on any atom is -0.508 e. The highest BCUT2D eigenvalue weighted by Crippen LogP contribution is 2.46. The molecule has 0 saturated carbocycles. The van der Waals surface area contributed by atoms with Gasteiger partial charge in [0, 0.05) is 41.2 Å². The maximum atomic E-state index is 12.6. The molecule has 0 aliphatic carbocycles. The van der Waals surface area contributed by atoms with Crippen LogP contribution in [0.1, 0.15) is 49.9 Å². The third-order valence-electron chi connectivity index (χ3n) is 19.1. The van der Waals surface area contributed by atoms with Crippen LogP contribution in [0.25, 0.3) is 89.4 Å². The summed E-state index contributed by atoms with van der Waals surface area (Å²) in [5, 5.41) is 97.5. The summed E-state index contributed by atoms with van der Waals surface area (Å²) >= 11 is 6.89. The Morgan fingerprint density at radius 2 is 0.772 bits per heavy atom. The maximum absolute atomic E-state index is 12.6. The Morgan fingerprint density at radius 1 is 0.366 bits per heavy atom. The largest absolute Gasteiger partial charge is 0.508 e. The monoisotopic (exact) mass is 1790 g/mol. The molecule has 0 fully saturated rings. The number of Topliss-reactive ketones (excluding diaryl/α,β-unsaturated/α-hetero) is 1. The van der Waals surface area contributed by atoms with Crippen LogP contribution < -0.4 is 33.8 Å². The van der Waals surface area contributed by atoms with Crippen molar-refractivity contribution in [3.8, 4) is 165 Å². The van der Waals surface area contributed by atoms with E-state index in [1.165, 1.54) is 60.7 Å². The summed E-state index contributed by atoms with van der Waals surface area (Å²) in [5.41, 5.74) is 14.1. The first-order valence-corrected chi connectivity index (χ1v) is 39.4. The van der Waals surface area contributed by atoms with Crippen molar-refractivity contribution in [3.05, 3.63) is 319 Å². The summed E-state index contributed by atoms with van der Waals surface area (Å²) in [4.78, 5) is 24.7. The molecule has 0 atom stereocenters. The van der Waals surface area contributed by atoms with Gasteiger partial charge in [0.15, 0.2) is 23.1 Å². The lowest BCUT2D eigenvalue weighted by molar-refractivity contribution is 0.0990. The van der Waals surface area contributed by atoms with Gasteiger partial charge in [0.1, 0.15) is 104 Å². The molecule has 24 nitrogen and oxygen atoms in total. The van der Waals surface area contributed by atoms with E-state index in [0.29, 0.717) is 73.2 Å². The first-order valence-electron chi connectivity index (χ1n) is 37.8. The van der Waals surface area contributed by atoms with Gasteiger partial charge in [0.25, 0.3) is 0 Å². The fourth-order valence-corrected chi connectivity index (χ4v) is 13.4. The van der Waals surface area contributed by atoms with Crippen LogP contribution in [0.2, 0.25) is 0 Å². The third kappa shape index (κ3) is 22.3. The molecule has 123 heavy (non-hydrogen) atoms. The van der Waals surface area contributed by atoms with Crippen LogP contribution in [0.5, 0.6) is 86.2 Å². The average Bonchev–Trinajstić information content (AvgIpc) is 1.79. The number of methoxy groups -OCH3 is 5. The number of hydrogen-bond acceptors (Lipinski definition) is 24. The number of carbonyl (C=O) groups is 1. The van der Waals surface area contributed by atoms with E-state index in [1.807, 2.05) is 155 Å². The van der Waals surface area contributed by atoms with E-state index in [4.69, 9.17) is 56.6 Å². The highest BCUT2D eigenvalue weighted by Gasteiger charge is 2.26. The molecular weight excluding hydrogens is 1700 g/mol. The van der Waals surface area contributed by atoms with Gasteiger partial charge in [-0.25, -0.2) is 0 Å². The van der Waals surface area contributed by atoms with E-state index in [1.54, 1.807) is 103 Å². The first-order chi connectivity index (χ1) is 59.1. The zero-order valence-electron chi connectivity index (χ0n) is 68.2. The van der Waals surface area contributed by atoms with Crippen molar-refractivity contribution in [2.45, 2.75) is 47.6 Å². The van der Waals surface area contributed by atoms with Crippen LogP contribution >= 0.6 is 31.9 Å². The second-order valence-electron chi connectivity index (χ2n) is 27.4. The fraction of sp³-hybridized carbons (Fsp3) is 0.124. The van der Waals surface area contributed by atoms with E-state index < -0.39 is 0 Å². The molecule has 0 aliphatic heterocycles. The van der Waals surface area contributed by atoms with Crippen molar-refractivity contribution >= 4 is 48.6 Å². The Labute approximate surface area is 723 Å². The van der Waals surface area contributed by atoms with Crippen LogP contribution in [0, 0.1) is 34.6 Å². The Balaban J connectivity index is 0.000000147. The number of ether oxygens (including phenoxy) is 6. The van der Waals surface area contributed by atoms with Gasteiger partial charge in [0.2, 0.25) is 5.43 Å². The molecule has 0 aliphatic rings. The molecule has 0 radical (unpaired) electrons. The second kappa shape index (κ2) is 41.2. The minimum absolute atomic E-state index is 0.0107. The molecule has 26 heteroatoms. The molecule has 0 bridgehead atoms. The fourth-order valence-electron chi connectivity index (χ4n) is 12.7. The van der Waals surface area contributed by atoms with Crippen molar-refractivity contribution in [3.63, 3.8) is 0 Å². The highest BCUT2D eigenvalue weighted by molar-refractivity contribution is 9.10. The molecule has 4 heterocycles. The number of carbonyl (C=O) groups excluding carboxylic acids is 1. The van der Waals surface area contributed by atoms with E-state index in [2.05, 4.69) is 47.3 Å². The Hall–Kier alpha value is -14.9. The van der Waals surface area contributed by atoms with Crippen LogP contribution in [-0.4, -0.2) is 103 Å². The summed E-state index contributed by atoms with van der Waals surface area (Å²) < 4.78 is 55.7. The lowest BCUT2D eigenvalue weighted by atomic mass is 9.98. The maximum Gasteiger partial charge on any atom is 0.200 e. The third-order valence-corrected chi connectivity index (χ3v) is 20.6. The van der Waals surface area contributed by atoms with Gasteiger partial charge >= 0.3 is 0 Å². The number of aryl methyl sites for hydroxylation is 5. The number of rotatable bonds is 18. The quantitative estimate of drug-likeness (QED) is 0.0360. The number of fused-ring (bicyclic) bond motifs is 1. The van der Waals surface area contributed by atoms with Gasteiger partial charge in [-0.05, 0) is 217 Å². The Bertz CT molecular complexity index is 6350. The number of benzene rings is 12. The van der Waals surface area contributed by atoms with Crippen molar-refractivity contribution < 1.29 is 97.2 Å². The van der Waals surface area contributed by atoms with Crippen molar-refractivity contribution in [2.75, 3.05) is 35.5 Å². The first kappa shape index (κ1) is 88.9. The molecule has 9 N–H and O–H groups in total. The highest BCUT2D eigenvalue weighted by atomic mass is 79.9. The van der Waals surface area contributed by atoms with Gasteiger partial charge in [-0.2, -0.15) is 0 Å². The van der Waals surface area contributed by atoms with Gasteiger partial charge in [-0.3, -0.25) is 9.59 Å². The van der Waals surface area contributed by atoms with E-state index in [0.717, 1.165) is 112 Å². The summed E-state index contributed by atoms with van der Waals surface area (Å²) in [7, 11) is 8.05. The molecule has 0 amide bonds. The Morgan fingerprint density at radius 3 is 1.23 bits per heavy atom. The molecular formula is C97H85Br2N3O21. The predicted octanol–water partition coefficient (Wildman–Crippen LogP) is 22.3. The van der Waals surface area contributed by atoms with Crippen molar-refractivity contribution in [2.24, 2.45) is 0 Å². The number of aromatic hydroxyl groups is 9. The zero-order valence-corrected chi connectivity index (χ0v) is 71.4. The van der Waals surface area contributed by atoms with Crippen LogP contribution in [0.15, 0.2) is 287 Å². The van der Waals surface area contributed by atoms with Crippen molar-refractivity contribution in [1.82, 2.24) is 15.5 Å². The van der Waals surface area contributed by atoms with Gasteiger partial charge in [0.05, 0.1) is 107 Å². The average molecular weight is 1790 g/mol. The molecule has 0 saturated heterocycles. The molecule has 628 valence electrons. The molecule has 0 spiro atoms. The minimum atomic E-state index is -0.210. The number of hydrogen-bond donors (Lipinski definition) is 9. The molecule has 16 rings (SSSR count). The normalized spacial score (nSPS) is 10.5. The number of aromatic nitrogens is 3. The van der Waals surface area contributed by atoms with Gasteiger partial charge in [-0.15, -0.1) is 0 Å². The zero-order chi connectivity index (χ0) is 88.1. The van der Waals surface area contributed by atoms with E-state index in [-0.39, 0.29) is 74.9 Å². The molecule has 16 aromatic rings. The molecule has 0 unspecified atom stereocenters. The van der Waals surface area contributed by atoms with E-state index >= 15 is 0 Å². The number of ketones is 1. The SMILES string of the molecule is COc1ccc(-c2c(C)noc2-c2cc(Br)c(C)cc2OCc2ccccc2)cc1.COc1ccc(-c2c(C)noc2-c2cc(Br)c(O)cc2O)cc1.COc1ccc(-c2c(C)noc2-c2ccc(O)cc2O)cc1.COc1ccc(-c2c(C)oc3cc(O)ccc3c2=O)cc1.COc1ccc(CC(=O)c2ccc(O)cc2O)cc1.Oc1cccc(O)c1. The number of halogens is 2. The summed E-state index contributed by atoms with van der Waals surface area (Å²) in [6.45, 7) is 9.87. The molecule has 12 aromatic carbocycles. The summed E-state index contributed by atoms with van der Waals surface area (Å²) in [6, 6.07) is 72.9. The smallest absolute Gasteiger partial charge is 0.200 e. The standard InChI is InChI=1S/C25H22BrNO3.C17H14BrNO4.C17H15NO4.C17H14O4.C15H14O4.C6H6O2/c1-16-13-23(29-15-18-7-5-4-6-8-18)21(14-22(16)26)25-24(17(2)27-30-25)19-9-11-20(28-3)12-10-19;1-9-16(10-3-5-11(22-2)6-4-10)17(23-19-9)12-7-13(18)15(21)8-14(12)20;1-10-16(11-3-6-13(21-2)7-4-11)17(22-18-10)14-8-5-12(19)9-15(14)20;1-10-16(11-3-6-13(20-2)7-4-11)17(19)14-8-5-12(18)9-15(14)21-10;1-19-12-5-2-10(3-6-12)8-14(17)13-7-4-11(16)9-15(13)18;7-5-2-1-3-6(8)4-5/h4-14H,15H2,1-3H3;3-8,20-21H,1-2H3;3-9,19-20H,1-2H3;3-9,18H,1-2H3;2-7,9,16,18H,8H2,1H3;1-4,7-8H.